The Balaban J connectivity index is 1.42. The summed E-state index contributed by atoms with van der Waals surface area (Å²) in [6.07, 6.45) is 7.84. The fourth-order valence-corrected chi connectivity index (χ4v) is 3.25. The Morgan fingerprint density at radius 1 is 1.23 bits per heavy atom. The summed E-state index contributed by atoms with van der Waals surface area (Å²) < 4.78 is 4.16. The standard InChI is InChI=1S/C16H20N6/c1-13-3-2-4-16-19-14(10-21(13)16)9-20-7-5-15(6-8-20)22-12-17-11-18-22/h2-4,10-12,15H,5-9H2,1H3. The van der Waals surface area contributed by atoms with Gasteiger partial charge in [-0.15, -0.1) is 0 Å². The number of nitrogens with zero attached hydrogens (tertiary/aromatic N) is 6. The first-order chi connectivity index (χ1) is 10.8. The first-order valence-electron chi connectivity index (χ1n) is 7.80. The molecular weight excluding hydrogens is 276 g/mol. The number of piperidine rings is 1. The second kappa shape index (κ2) is 5.53. The Kier molecular flexibility index (Phi) is 3.38. The number of rotatable bonds is 3. The van der Waals surface area contributed by atoms with Gasteiger partial charge in [0, 0.05) is 31.5 Å². The summed E-state index contributed by atoms with van der Waals surface area (Å²) in [5, 5.41) is 4.26. The van der Waals surface area contributed by atoms with Gasteiger partial charge in [0.15, 0.2) is 0 Å². The van der Waals surface area contributed by atoms with Gasteiger partial charge in [-0.25, -0.2) is 14.6 Å². The Morgan fingerprint density at radius 3 is 2.82 bits per heavy atom. The van der Waals surface area contributed by atoms with Gasteiger partial charge in [0.05, 0.1) is 11.7 Å². The molecule has 3 aromatic heterocycles. The van der Waals surface area contributed by atoms with E-state index in [-0.39, 0.29) is 0 Å². The van der Waals surface area contributed by atoms with E-state index in [1.54, 1.807) is 6.33 Å². The summed E-state index contributed by atoms with van der Waals surface area (Å²) in [6.45, 7) is 5.20. The maximum Gasteiger partial charge on any atom is 0.137 e. The van der Waals surface area contributed by atoms with Crippen molar-refractivity contribution in [3.63, 3.8) is 0 Å². The number of aryl methyl sites for hydroxylation is 1. The summed E-state index contributed by atoms with van der Waals surface area (Å²) in [6, 6.07) is 6.72. The molecule has 4 heterocycles. The van der Waals surface area contributed by atoms with Crippen LogP contribution < -0.4 is 0 Å². The molecule has 22 heavy (non-hydrogen) atoms. The van der Waals surface area contributed by atoms with Crippen molar-refractivity contribution in [1.29, 1.82) is 0 Å². The topological polar surface area (TPSA) is 51.2 Å². The number of imidazole rings is 1. The molecule has 1 saturated heterocycles. The van der Waals surface area contributed by atoms with E-state index in [2.05, 4.69) is 50.7 Å². The molecule has 0 aromatic carbocycles. The molecule has 0 spiro atoms. The zero-order valence-corrected chi connectivity index (χ0v) is 12.8. The van der Waals surface area contributed by atoms with Crippen LogP contribution >= 0.6 is 0 Å². The molecule has 6 heteroatoms. The summed E-state index contributed by atoms with van der Waals surface area (Å²) in [5.74, 6) is 0. The van der Waals surface area contributed by atoms with E-state index in [4.69, 9.17) is 4.98 Å². The molecule has 0 bridgehead atoms. The maximum absolute atomic E-state index is 4.73. The Bertz CT molecular complexity index is 752. The van der Waals surface area contributed by atoms with E-state index in [1.807, 2.05) is 11.0 Å². The van der Waals surface area contributed by atoms with E-state index in [9.17, 15) is 0 Å². The zero-order chi connectivity index (χ0) is 14.9. The van der Waals surface area contributed by atoms with Gasteiger partial charge in [-0.3, -0.25) is 4.90 Å². The van der Waals surface area contributed by atoms with Crippen LogP contribution in [-0.4, -0.2) is 42.1 Å². The van der Waals surface area contributed by atoms with Crippen LogP contribution in [-0.2, 0) is 6.54 Å². The highest BCUT2D eigenvalue weighted by Crippen LogP contribution is 2.22. The maximum atomic E-state index is 4.73. The second-order valence-electron chi connectivity index (χ2n) is 6.01. The molecule has 114 valence electrons. The third-order valence-corrected chi connectivity index (χ3v) is 4.50. The number of likely N-dealkylation sites (tertiary alicyclic amines) is 1. The molecule has 0 aliphatic carbocycles. The van der Waals surface area contributed by atoms with E-state index in [0.717, 1.165) is 43.8 Å². The highest BCUT2D eigenvalue weighted by atomic mass is 15.3. The van der Waals surface area contributed by atoms with Crippen molar-refractivity contribution >= 4 is 5.65 Å². The predicted octanol–water partition coefficient (Wildman–Crippen LogP) is 2.07. The van der Waals surface area contributed by atoms with Gasteiger partial charge >= 0.3 is 0 Å². The molecule has 0 saturated carbocycles. The van der Waals surface area contributed by atoms with Gasteiger partial charge in [0.25, 0.3) is 0 Å². The van der Waals surface area contributed by atoms with E-state index in [1.165, 1.54) is 5.69 Å². The van der Waals surface area contributed by atoms with Crippen LogP contribution in [0.4, 0.5) is 0 Å². The number of fused-ring (bicyclic) bond motifs is 1. The lowest BCUT2D eigenvalue weighted by molar-refractivity contribution is 0.172. The van der Waals surface area contributed by atoms with E-state index >= 15 is 0 Å². The molecular formula is C16H20N6. The van der Waals surface area contributed by atoms with Crippen molar-refractivity contribution in [3.8, 4) is 0 Å². The zero-order valence-electron chi connectivity index (χ0n) is 12.8. The molecule has 0 radical (unpaired) electrons. The minimum Gasteiger partial charge on any atom is -0.304 e. The second-order valence-corrected chi connectivity index (χ2v) is 6.01. The number of hydrogen-bond donors (Lipinski definition) is 0. The fourth-order valence-electron chi connectivity index (χ4n) is 3.25. The minimum atomic E-state index is 0.488. The SMILES string of the molecule is Cc1cccc2nc(CN3CCC(n4cncn4)CC3)cn12. The normalized spacial score (nSPS) is 17.3. The van der Waals surface area contributed by atoms with Gasteiger partial charge in [0.1, 0.15) is 18.3 Å². The third kappa shape index (κ3) is 2.50. The van der Waals surface area contributed by atoms with Crippen molar-refractivity contribution in [2.45, 2.75) is 32.4 Å². The van der Waals surface area contributed by atoms with Crippen LogP contribution in [0.2, 0.25) is 0 Å². The average molecular weight is 296 g/mol. The van der Waals surface area contributed by atoms with Crippen LogP contribution in [0.3, 0.4) is 0 Å². The molecule has 1 aliphatic heterocycles. The van der Waals surface area contributed by atoms with Crippen molar-refractivity contribution < 1.29 is 0 Å². The van der Waals surface area contributed by atoms with Gasteiger partial charge in [-0.2, -0.15) is 5.10 Å². The summed E-state index contributed by atoms with van der Waals surface area (Å²) in [5.41, 5.74) is 3.40. The highest BCUT2D eigenvalue weighted by molar-refractivity contribution is 5.41. The number of pyridine rings is 1. The van der Waals surface area contributed by atoms with Crippen LogP contribution in [0.15, 0.2) is 37.1 Å². The lowest BCUT2D eigenvalue weighted by Gasteiger charge is -2.31. The van der Waals surface area contributed by atoms with Crippen LogP contribution in [0.25, 0.3) is 5.65 Å². The molecule has 3 aromatic rings. The van der Waals surface area contributed by atoms with Gasteiger partial charge in [-0.1, -0.05) is 6.07 Å². The highest BCUT2D eigenvalue weighted by Gasteiger charge is 2.21. The van der Waals surface area contributed by atoms with Gasteiger partial charge in [-0.05, 0) is 31.9 Å². The van der Waals surface area contributed by atoms with Crippen molar-refractivity contribution in [3.05, 3.63) is 48.4 Å². The summed E-state index contributed by atoms with van der Waals surface area (Å²) in [4.78, 5) is 11.2. The average Bonchev–Trinajstić information content (AvgIpc) is 3.18. The Hall–Kier alpha value is -2.21. The molecule has 0 amide bonds. The van der Waals surface area contributed by atoms with Gasteiger partial charge in [0.2, 0.25) is 0 Å². The molecule has 1 fully saturated rings. The van der Waals surface area contributed by atoms with Crippen molar-refractivity contribution in [2.75, 3.05) is 13.1 Å². The third-order valence-electron chi connectivity index (χ3n) is 4.50. The smallest absolute Gasteiger partial charge is 0.137 e. The first kappa shape index (κ1) is 13.5. The van der Waals surface area contributed by atoms with E-state index < -0.39 is 0 Å². The number of hydrogen-bond acceptors (Lipinski definition) is 4. The largest absolute Gasteiger partial charge is 0.304 e. The Morgan fingerprint density at radius 2 is 2.09 bits per heavy atom. The minimum absolute atomic E-state index is 0.488. The monoisotopic (exact) mass is 296 g/mol. The van der Waals surface area contributed by atoms with E-state index in [0.29, 0.717) is 6.04 Å². The lowest BCUT2D eigenvalue weighted by Crippen LogP contribution is -2.34. The van der Waals surface area contributed by atoms with Crippen LogP contribution in [0.1, 0.15) is 30.3 Å². The number of aromatic nitrogens is 5. The van der Waals surface area contributed by atoms with Crippen molar-refractivity contribution in [2.24, 2.45) is 0 Å². The van der Waals surface area contributed by atoms with Gasteiger partial charge < -0.3 is 4.40 Å². The molecule has 4 rings (SSSR count). The Labute approximate surface area is 129 Å². The molecule has 6 nitrogen and oxygen atoms in total. The predicted molar refractivity (Wildman–Crippen MR) is 83.5 cm³/mol. The first-order valence-corrected chi connectivity index (χ1v) is 7.80. The molecule has 1 aliphatic rings. The summed E-state index contributed by atoms with van der Waals surface area (Å²) in [7, 11) is 0. The van der Waals surface area contributed by atoms with Crippen LogP contribution in [0, 0.1) is 6.92 Å². The molecule has 0 unspecified atom stereocenters. The lowest BCUT2D eigenvalue weighted by atomic mass is 10.1. The van der Waals surface area contributed by atoms with Crippen molar-refractivity contribution in [1.82, 2.24) is 29.0 Å². The molecule has 0 N–H and O–H groups in total. The fraction of sp³-hybridized carbons (Fsp3) is 0.438. The quantitative estimate of drug-likeness (QED) is 0.742. The molecule has 0 atom stereocenters. The van der Waals surface area contributed by atoms with Crippen LogP contribution in [0.5, 0.6) is 0 Å². The summed E-state index contributed by atoms with van der Waals surface area (Å²) >= 11 is 0.